The zero-order chi connectivity index (χ0) is 15.2. The Morgan fingerprint density at radius 3 is 2.62 bits per heavy atom. The van der Waals surface area contributed by atoms with Crippen LogP contribution in [-0.2, 0) is 6.54 Å². The quantitative estimate of drug-likeness (QED) is 0.789. The molecule has 1 saturated carbocycles. The zero-order valence-corrected chi connectivity index (χ0v) is 14.1. The molecule has 1 heterocycles. The van der Waals surface area contributed by atoms with Gasteiger partial charge in [-0.3, -0.25) is 0 Å². The van der Waals surface area contributed by atoms with Crippen LogP contribution in [0.15, 0.2) is 12.1 Å². The molecule has 1 fully saturated rings. The average molecular weight is 311 g/mol. The van der Waals surface area contributed by atoms with Gasteiger partial charge >= 0.3 is 0 Å². The second kappa shape index (κ2) is 8.00. The lowest BCUT2D eigenvalue weighted by Crippen LogP contribution is -2.29. The predicted molar refractivity (Wildman–Crippen MR) is 87.8 cm³/mol. The highest BCUT2D eigenvalue weighted by Crippen LogP contribution is 2.31. The van der Waals surface area contributed by atoms with Crippen molar-refractivity contribution in [3.8, 4) is 5.88 Å². The minimum absolute atomic E-state index is 0.286. The molecule has 0 aliphatic heterocycles. The number of rotatable bonds is 6. The van der Waals surface area contributed by atoms with Crippen molar-refractivity contribution < 1.29 is 4.74 Å². The fraction of sp³-hybridized carbons (Fsp3) is 0.706. The third-order valence-electron chi connectivity index (χ3n) is 4.03. The molecule has 0 bridgehead atoms. The van der Waals surface area contributed by atoms with Gasteiger partial charge in [0.15, 0.2) is 0 Å². The Labute approximate surface area is 133 Å². The Hall–Kier alpha value is -0.800. The normalized spacial score (nSPS) is 25.8. The van der Waals surface area contributed by atoms with Gasteiger partial charge in [-0.1, -0.05) is 32.4 Å². The van der Waals surface area contributed by atoms with E-state index in [2.05, 4.69) is 31.1 Å². The molecule has 2 atom stereocenters. The number of pyridine rings is 1. The van der Waals surface area contributed by atoms with E-state index in [1.807, 2.05) is 12.1 Å². The molecule has 1 aliphatic rings. The molecule has 118 valence electrons. The molecule has 0 amide bonds. The molecule has 1 aromatic heterocycles. The first-order chi connectivity index (χ1) is 10.1. The van der Waals surface area contributed by atoms with E-state index in [0.29, 0.717) is 17.4 Å². The Morgan fingerprint density at radius 1 is 1.24 bits per heavy atom. The van der Waals surface area contributed by atoms with Crippen molar-refractivity contribution in [1.82, 2.24) is 10.3 Å². The number of hydrogen-bond donors (Lipinski definition) is 1. The summed E-state index contributed by atoms with van der Waals surface area (Å²) in [6.45, 7) is 8.43. The molecule has 0 aromatic carbocycles. The smallest absolute Gasteiger partial charge is 0.213 e. The summed E-state index contributed by atoms with van der Waals surface area (Å²) < 4.78 is 6.10. The molecule has 1 N–H and O–H groups in total. The molecular weight excluding hydrogens is 284 g/mol. The van der Waals surface area contributed by atoms with Crippen molar-refractivity contribution in [3.63, 3.8) is 0 Å². The Kier molecular flexibility index (Phi) is 6.31. The van der Waals surface area contributed by atoms with Crippen LogP contribution in [0.2, 0.25) is 5.02 Å². The summed E-state index contributed by atoms with van der Waals surface area (Å²) in [5, 5.41) is 4.04. The van der Waals surface area contributed by atoms with Gasteiger partial charge in [0.05, 0.1) is 10.7 Å². The highest BCUT2D eigenvalue weighted by Gasteiger charge is 2.25. The van der Waals surface area contributed by atoms with Crippen molar-refractivity contribution >= 4 is 11.6 Å². The van der Waals surface area contributed by atoms with Crippen LogP contribution in [0.1, 0.15) is 52.1 Å². The Bertz CT molecular complexity index is 442. The van der Waals surface area contributed by atoms with Crippen molar-refractivity contribution in [1.29, 1.82) is 0 Å². The van der Waals surface area contributed by atoms with Crippen LogP contribution in [0.25, 0.3) is 0 Å². The van der Waals surface area contributed by atoms with E-state index < -0.39 is 0 Å². The molecule has 0 radical (unpaired) electrons. The van der Waals surface area contributed by atoms with Crippen LogP contribution >= 0.6 is 11.6 Å². The highest BCUT2D eigenvalue weighted by molar-refractivity contribution is 6.31. The van der Waals surface area contributed by atoms with E-state index in [1.165, 1.54) is 6.42 Å². The first-order valence-electron chi connectivity index (χ1n) is 8.11. The number of ether oxygens (including phenoxy) is 1. The van der Waals surface area contributed by atoms with Crippen molar-refractivity contribution in [3.05, 3.63) is 22.8 Å². The average Bonchev–Trinajstić information content (AvgIpc) is 2.41. The number of halogens is 1. The topological polar surface area (TPSA) is 34.2 Å². The molecule has 3 nitrogen and oxygen atoms in total. The maximum Gasteiger partial charge on any atom is 0.213 e. The van der Waals surface area contributed by atoms with Crippen LogP contribution in [0.3, 0.4) is 0 Å². The minimum Gasteiger partial charge on any atom is -0.474 e. The molecule has 0 spiro atoms. The highest BCUT2D eigenvalue weighted by atomic mass is 35.5. The fourth-order valence-electron chi connectivity index (χ4n) is 3.18. The molecular formula is C17H27ClN2O. The largest absolute Gasteiger partial charge is 0.474 e. The number of aromatic nitrogens is 1. The van der Waals surface area contributed by atoms with E-state index in [9.17, 15) is 0 Å². The lowest BCUT2D eigenvalue weighted by molar-refractivity contribution is 0.0965. The Balaban J connectivity index is 1.98. The molecule has 2 unspecified atom stereocenters. The molecule has 1 aliphatic carbocycles. The third kappa shape index (κ3) is 5.15. The molecule has 0 saturated heterocycles. The predicted octanol–water partition coefficient (Wildman–Crippen LogP) is 4.44. The van der Waals surface area contributed by atoms with E-state index in [4.69, 9.17) is 16.3 Å². The summed E-state index contributed by atoms with van der Waals surface area (Å²) in [5.74, 6) is 2.17. The van der Waals surface area contributed by atoms with E-state index in [0.717, 1.165) is 43.3 Å². The lowest BCUT2D eigenvalue weighted by Gasteiger charge is -2.31. The maximum absolute atomic E-state index is 6.21. The van der Waals surface area contributed by atoms with Crippen LogP contribution in [0, 0.1) is 11.8 Å². The van der Waals surface area contributed by atoms with Gasteiger partial charge in [-0.25, -0.2) is 4.98 Å². The molecule has 2 rings (SSSR count). The van der Waals surface area contributed by atoms with Gasteiger partial charge in [-0.05, 0) is 50.1 Å². The first kappa shape index (κ1) is 16.6. The van der Waals surface area contributed by atoms with E-state index in [1.54, 1.807) is 0 Å². The SMILES string of the molecule is CCCNCc1nc(OC2CC(C)CC(C)C2)ccc1Cl. The number of nitrogens with zero attached hydrogens (tertiary/aromatic N) is 1. The van der Waals surface area contributed by atoms with Crippen LogP contribution in [-0.4, -0.2) is 17.6 Å². The van der Waals surface area contributed by atoms with Gasteiger partial charge < -0.3 is 10.1 Å². The molecule has 4 heteroatoms. The van der Waals surface area contributed by atoms with Crippen LogP contribution in [0.4, 0.5) is 0 Å². The van der Waals surface area contributed by atoms with E-state index in [-0.39, 0.29) is 6.10 Å². The second-order valence-corrected chi connectivity index (χ2v) is 6.82. The lowest BCUT2D eigenvalue weighted by atomic mass is 9.82. The summed E-state index contributed by atoms with van der Waals surface area (Å²) in [4.78, 5) is 4.57. The summed E-state index contributed by atoms with van der Waals surface area (Å²) in [6.07, 6.45) is 4.94. The van der Waals surface area contributed by atoms with Crippen LogP contribution in [0.5, 0.6) is 5.88 Å². The summed E-state index contributed by atoms with van der Waals surface area (Å²) >= 11 is 6.21. The second-order valence-electron chi connectivity index (χ2n) is 6.41. The van der Waals surface area contributed by atoms with Gasteiger partial charge in [-0.15, -0.1) is 0 Å². The number of hydrogen-bond acceptors (Lipinski definition) is 3. The minimum atomic E-state index is 0.286. The molecule has 21 heavy (non-hydrogen) atoms. The van der Waals surface area contributed by atoms with Crippen molar-refractivity contribution in [2.75, 3.05) is 6.54 Å². The summed E-state index contributed by atoms with van der Waals surface area (Å²) in [6, 6.07) is 3.78. The first-order valence-corrected chi connectivity index (χ1v) is 8.49. The van der Waals surface area contributed by atoms with Gasteiger partial charge in [0.1, 0.15) is 6.10 Å². The zero-order valence-electron chi connectivity index (χ0n) is 13.4. The van der Waals surface area contributed by atoms with E-state index >= 15 is 0 Å². The standard InChI is InChI=1S/C17H27ClN2O/c1-4-7-19-11-16-15(18)5-6-17(20-16)21-14-9-12(2)8-13(3)10-14/h5-6,12-14,19H,4,7-11H2,1-3H3. The Morgan fingerprint density at radius 2 is 1.95 bits per heavy atom. The van der Waals surface area contributed by atoms with Crippen LogP contribution < -0.4 is 10.1 Å². The fourth-order valence-corrected chi connectivity index (χ4v) is 3.35. The molecule has 1 aromatic rings. The summed E-state index contributed by atoms with van der Waals surface area (Å²) in [5.41, 5.74) is 0.875. The maximum atomic E-state index is 6.21. The van der Waals surface area contributed by atoms with Crippen molar-refractivity contribution in [2.24, 2.45) is 11.8 Å². The van der Waals surface area contributed by atoms with Crippen molar-refractivity contribution in [2.45, 2.75) is 59.1 Å². The van der Waals surface area contributed by atoms with Gasteiger partial charge in [0, 0.05) is 12.6 Å². The van der Waals surface area contributed by atoms with Gasteiger partial charge in [0.2, 0.25) is 5.88 Å². The van der Waals surface area contributed by atoms with Gasteiger partial charge in [-0.2, -0.15) is 0 Å². The monoisotopic (exact) mass is 310 g/mol. The van der Waals surface area contributed by atoms with Gasteiger partial charge in [0.25, 0.3) is 0 Å². The summed E-state index contributed by atoms with van der Waals surface area (Å²) in [7, 11) is 0. The number of nitrogens with one attached hydrogen (secondary N) is 1. The third-order valence-corrected chi connectivity index (χ3v) is 4.38.